The van der Waals surface area contributed by atoms with Crippen LogP contribution >= 0.6 is 11.8 Å². The lowest BCUT2D eigenvalue weighted by Gasteiger charge is -2.13. The van der Waals surface area contributed by atoms with E-state index < -0.39 is 5.97 Å². The van der Waals surface area contributed by atoms with E-state index in [4.69, 9.17) is 5.11 Å². The number of aromatic nitrogens is 3. The monoisotopic (exact) mass is 291 g/mol. The van der Waals surface area contributed by atoms with Crippen LogP contribution in [0.2, 0.25) is 0 Å². The highest BCUT2D eigenvalue weighted by Gasteiger charge is 2.14. The van der Waals surface area contributed by atoms with E-state index in [-0.39, 0.29) is 5.75 Å². The summed E-state index contributed by atoms with van der Waals surface area (Å²) in [5.41, 5.74) is 3.88. The number of carboxylic acid groups (broad SMARTS) is 1. The fourth-order valence-corrected chi connectivity index (χ4v) is 2.74. The third kappa shape index (κ3) is 3.01. The van der Waals surface area contributed by atoms with Crippen molar-refractivity contribution in [2.24, 2.45) is 0 Å². The van der Waals surface area contributed by atoms with Crippen LogP contribution in [-0.2, 0) is 11.2 Å². The van der Waals surface area contributed by atoms with E-state index in [1.54, 1.807) is 6.20 Å². The number of aliphatic carboxylic acids is 1. The van der Waals surface area contributed by atoms with Crippen molar-refractivity contribution in [3.63, 3.8) is 0 Å². The number of nitrogens with zero attached hydrogens (tertiary/aromatic N) is 3. The molecule has 0 unspecified atom stereocenters. The van der Waals surface area contributed by atoms with Crippen LogP contribution in [0, 0.1) is 13.8 Å². The molecule has 0 atom stereocenters. The lowest BCUT2D eigenvalue weighted by Crippen LogP contribution is -2.06. The molecule has 20 heavy (non-hydrogen) atoms. The Hall–Kier alpha value is -1.82. The summed E-state index contributed by atoms with van der Waals surface area (Å²) in [6.07, 6.45) is 2.62. The maximum Gasteiger partial charge on any atom is 0.313 e. The first-order valence-electron chi connectivity index (χ1n) is 6.38. The summed E-state index contributed by atoms with van der Waals surface area (Å²) in [7, 11) is 0. The average molecular weight is 291 g/mol. The van der Waals surface area contributed by atoms with E-state index in [2.05, 4.69) is 16.9 Å². The molecule has 0 fully saturated rings. The van der Waals surface area contributed by atoms with Crippen molar-refractivity contribution in [2.75, 3.05) is 5.75 Å². The van der Waals surface area contributed by atoms with Gasteiger partial charge in [0.05, 0.1) is 17.1 Å². The number of aryl methyl sites for hydroxylation is 3. The number of rotatable bonds is 5. The minimum atomic E-state index is -0.846. The highest BCUT2D eigenvalue weighted by molar-refractivity contribution is 7.99. The normalized spacial score (nSPS) is 10.8. The van der Waals surface area contributed by atoms with Gasteiger partial charge in [-0.05, 0) is 32.4 Å². The molecule has 0 saturated carbocycles. The standard InChI is InChI=1S/C14H17N3O2S/c1-4-11-7-15-14(20-8-13(18)19)17(11)12-6-5-9(2)16-10(12)3/h5-7H,4,8H2,1-3H3,(H,18,19). The van der Waals surface area contributed by atoms with Crippen LogP contribution in [0.15, 0.2) is 23.5 Å². The van der Waals surface area contributed by atoms with Crippen molar-refractivity contribution in [3.05, 3.63) is 35.4 Å². The molecule has 2 heterocycles. The number of hydrogen-bond donors (Lipinski definition) is 1. The Morgan fingerprint density at radius 3 is 2.75 bits per heavy atom. The minimum Gasteiger partial charge on any atom is -0.481 e. The van der Waals surface area contributed by atoms with Crippen LogP contribution in [0.3, 0.4) is 0 Å². The average Bonchev–Trinajstić information content (AvgIpc) is 2.79. The molecule has 0 aliphatic rings. The molecule has 2 aromatic heterocycles. The molecule has 0 saturated heterocycles. The number of pyridine rings is 1. The Morgan fingerprint density at radius 1 is 1.40 bits per heavy atom. The topological polar surface area (TPSA) is 68.0 Å². The van der Waals surface area contributed by atoms with Gasteiger partial charge in [-0.25, -0.2) is 4.98 Å². The van der Waals surface area contributed by atoms with Crippen LogP contribution in [0.1, 0.15) is 24.0 Å². The van der Waals surface area contributed by atoms with Crippen molar-refractivity contribution < 1.29 is 9.90 Å². The summed E-state index contributed by atoms with van der Waals surface area (Å²) in [5, 5.41) is 9.51. The van der Waals surface area contributed by atoms with Gasteiger partial charge in [-0.15, -0.1) is 0 Å². The molecule has 0 aliphatic heterocycles. The van der Waals surface area contributed by atoms with Crippen LogP contribution in [-0.4, -0.2) is 31.4 Å². The Labute approximate surface area is 122 Å². The number of carbonyl (C=O) groups is 1. The van der Waals surface area contributed by atoms with Crippen molar-refractivity contribution in [1.29, 1.82) is 0 Å². The quantitative estimate of drug-likeness (QED) is 0.858. The first kappa shape index (κ1) is 14.6. The molecule has 0 bridgehead atoms. The molecule has 2 aromatic rings. The van der Waals surface area contributed by atoms with Gasteiger partial charge in [-0.1, -0.05) is 18.7 Å². The fraction of sp³-hybridized carbons (Fsp3) is 0.357. The fourth-order valence-electron chi connectivity index (χ4n) is 2.02. The van der Waals surface area contributed by atoms with Gasteiger partial charge in [-0.3, -0.25) is 14.3 Å². The molecule has 1 N–H and O–H groups in total. The van der Waals surface area contributed by atoms with Gasteiger partial charge in [0.25, 0.3) is 0 Å². The van der Waals surface area contributed by atoms with Gasteiger partial charge in [0.1, 0.15) is 0 Å². The van der Waals surface area contributed by atoms with Crippen LogP contribution in [0.4, 0.5) is 0 Å². The SMILES string of the molecule is CCc1cnc(SCC(=O)O)n1-c1ccc(C)nc1C. The van der Waals surface area contributed by atoms with E-state index in [0.29, 0.717) is 5.16 Å². The van der Waals surface area contributed by atoms with Crippen molar-refractivity contribution >= 4 is 17.7 Å². The summed E-state index contributed by atoms with van der Waals surface area (Å²) < 4.78 is 2.00. The molecule has 106 valence electrons. The van der Waals surface area contributed by atoms with Crippen molar-refractivity contribution in [1.82, 2.24) is 14.5 Å². The zero-order valence-corrected chi connectivity index (χ0v) is 12.6. The molecular weight excluding hydrogens is 274 g/mol. The minimum absolute atomic E-state index is 0.00148. The summed E-state index contributed by atoms with van der Waals surface area (Å²) in [6, 6.07) is 3.96. The molecule has 5 nitrogen and oxygen atoms in total. The summed E-state index contributed by atoms with van der Waals surface area (Å²) >= 11 is 1.22. The number of imidazole rings is 1. The molecule has 0 spiro atoms. The molecule has 0 amide bonds. The van der Waals surface area contributed by atoms with E-state index in [9.17, 15) is 4.79 Å². The largest absolute Gasteiger partial charge is 0.481 e. The molecule has 6 heteroatoms. The van der Waals surface area contributed by atoms with Crippen molar-refractivity contribution in [2.45, 2.75) is 32.3 Å². The van der Waals surface area contributed by atoms with Crippen LogP contribution in [0.5, 0.6) is 0 Å². The van der Waals surface area contributed by atoms with Gasteiger partial charge >= 0.3 is 5.97 Å². The second kappa shape index (κ2) is 6.09. The predicted molar refractivity (Wildman–Crippen MR) is 78.6 cm³/mol. The lowest BCUT2D eigenvalue weighted by atomic mass is 10.2. The van der Waals surface area contributed by atoms with Gasteiger partial charge in [0.15, 0.2) is 5.16 Å². The zero-order chi connectivity index (χ0) is 14.7. The maximum atomic E-state index is 10.7. The molecule has 0 radical (unpaired) electrons. The highest BCUT2D eigenvalue weighted by atomic mass is 32.2. The Balaban J connectivity index is 2.47. The second-order valence-electron chi connectivity index (χ2n) is 4.46. The van der Waals surface area contributed by atoms with Gasteiger partial charge in [0.2, 0.25) is 0 Å². The van der Waals surface area contributed by atoms with E-state index in [1.165, 1.54) is 11.8 Å². The smallest absolute Gasteiger partial charge is 0.313 e. The summed E-state index contributed by atoms with van der Waals surface area (Å²) in [5.74, 6) is -0.847. The van der Waals surface area contributed by atoms with Gasteiger partial charge < -0.3 is 5.11 Å². The number of carboxylic acids is 1. The Morgan fingerprint density at radius 2 is 2.15 bits per heavy atom. The first-order valence-corrected chi connectivity index (χ1v) is 7.37. The number of hydrogen-bond acceptors (Lipinski definition) is 4. The van der Waals surface area contributed by atoms with Gasteiger partial charge in [-0.2, -0.15) is 0 Å². The third-order valence-corrected chi connectivity index (χ3v) is 3.87. The van der Waals surface area contributed by atoms with Gasteiger partial charge in [0, 0.05) is 17.6 Å². The van der Waals surface area contributed by atoms with Crippen LogP contribution < -0.4 is 0 Å². The zero-order valence-electron chi connectivity index (χ0n) is 11.8. The molecule has 2 rings (SSSR count). The van der Waals surface area contributed by atoms with E-state index in [1.807, 2.05) is 30.5 Å². The van der Waals surface area contributed by atoms with E-state index >= 15 is 0 Å². The molecule has 0 aliphatic carbocycles. The highest BCUT2D eigenvalue weighted by Crippen LogP contribution is 2.25. The predicted octanol–water partition coefficient (Wildman–Crippen LogP) is 2.62. The molecular formula is C14H17N3O2S. The second-order valence-corrected chi connectivity index (χ2v) is 5.40. The van der Waals surface area contributed by atoms with Crippen LogP contribution in [0.25, 0.3) is 5.69 Å². The third-order valence-electron chi connectivity index (χ3n) is 2.93. The van der Waals surface area contributed by atoms with Crippen molar-refractivity contribution in [3.8, 4) is 5.69 Å². The number of thioether (sulfide) groups is 1. The maximum absolute atomic E-state index is 10.7. The first-order chi connectivity index (χ1) is 9.52. The Bertz CT molecular complexity index is 637. The molecule has 0 aromatic carbocycles. The summed E-state index contributed by atoms with van der Waals surface area (Å²) in [4.78, 5) is 19.5. The Kier molecular flexibility index (Phi) is 4.44. The van der Waals surface area contributed by atoms with E-state index in [0.717, 1.165) is 29.2 Å². The summed E-state index contributed by atoms with van der Waals surface area (Å²) in [6.45, 7) is 5.95. The lowest BCUT2D eigenvalue weighted by molar-refractivity contribution is -0.133.